The second-order valence-electron chi connectivity index (χ2n) is 9.87. The van der Waals surface area contributed by atoms with Gasteiger partial charge in [0.25, 0.3) is 5.56 Å². The molecule has 0 atom stereocenters. The molecule has 2 aromatic carbocycles. The van der Waals surface area contributed by atoms with Gasteiger partial charge in [0, 0.05) is 64.2 Å². The summed E-state index contributed by atoms with van der Waals surface area (Å²) in [5.41, 5.74) is 3.00. The predicted octanol–water partition coefficient (Wildman–Crippen LogP) is 2.33. The topological polar surface area (TPSA) is 98.8 Å². The van der Waals surface area contributed by atoms with Gasteiger partial charge in [-0.3, -0.25) is 18.5 Å². The molecule has 1 fully saturated rings. The Kier molecular flexibility index (Phi) is 7.53. The number of hydrogen-bond acceptors (Lipinski definition) is 7. The van der Waals surface area contributed by atoms with Gasteiger partial charge in [-0.15, -0.1) is 0 Å². The van der Waals surface area contributed by atoms with Crippen LogP contribution in [0.15, 0.2) is 52.1 Å². The summed E-state index contributed by atoms with van der Waals surface area (Å²) in [6, 6.07) is 13.7. The summed E-state index contributed by atoms with van der Waals surface area (Å²) in [6.45, 7) is 5.06. The molecule has 0 radical (unpaired) electrons. The maximum atomic E-state index is 13.3. The van der Waals surface area contributed by atoms with Gasteiger partial charge < -0.3 is 24.6 Å². The van der Waals surface area contributed by atoms with Crippen LogP contribution in [0.25, 0.3) is 11.2 Å². The molecule has 5 rings (SSSR count). The van der Waals surface area contributed by atoms with E-state index in [-0.39, 0.29) is 5.56 Å². The first-order valence-electron chi connectivity index (χ1n) is 13.0. The zero-order chi connectivity index (χ0) is 28.6. The average molecular weight is 564 g/mol. The Labute approximate surface area is 237 Å². The van der Waals surface area contributed by atoms with Crippen LogP contribution >= 0.6 is 12.2 Å². The van der Waals surface area contributed by atoms with E-state index in [2.05, 4.69) is 15.1 Å². The minimum atomic E-state index is -0.403. The first-order chi connectivity index (χ1) is 19.2. The van der Waals surface area contributed by atoms with E-state index in [9.17, 15) is 9.59 Å². The van der Waals surface area contributed by atoms with Gasteiger partial charge in [-0.05, 0) is 24.7 Å². The summed E-state index contributed by atoms with van der Waals surface area (Å²) in [5.74, 6) is 2.00. The Hall–Kier alpha value is -4.32. The normalized spacial score (nSPS) is 13.5. The largest absolute Gasteiger partial charge is 0.497 e. The highest BCUT2D eigenvalue weighted by Gasteiger charge is 2.26. The molecule has 11 nitrogen and oxygen atoms in total. The minimum absolute atomic E-state index is 0.360. The number of fused-ring (bicyclic) bond motifs is 1. The Morgan fingerprint density at radius 2 is 1.57 bits per heavy atom. The molecular formula is C28H33N7O4S. The van der Waals surface area contributed by atoms with Crippen molar-refractivity contribution in [3.05, 3.63) is 74.4 Å². The summed E-state index contributed by atoms with van der Waals surface area (Å²) in [6.07, 6.45) is 0. The van der Waals surface area contributed by atoms with Crippen molar-refractivity contribution in [2.24, 2.45) is 14.1 Å². The third kappa shape index (κ3) is 5.14. The number of imidazole rings is 1. The number of nitrogens with one attached hydrogen (secondary N) is 1. The van der Waals surface area contributed by atoms with Gasteiger partial charge in [0.2, 0.25) is 5.95 Å². The van der Waals surface area contributed by atoms with Gasteiger partial charge in [-0.1, -0.05) is 29.8 Å². The van der Waals surface area contributed by atoms with Crippen LogP contribution in [-0.2, 0) is 20.6 Å². The molecule has 12 heteroatoms. The Bertz CT molecular complexity index is 1660. The van der Waals surface area contributed by atoms with Gasteiger partial charge in [0.15, 0.2) is 16.3 Å². The smallest absolute Gasteiger partial charge is 0.332 e. The standard InChI is InChI=1S/C28H33N7O4S/c1-18-6-8-19(9-7-18)17-35-23-24(31(2)28(37)32(3)25(23)36)30-26(35)33-10-12-34(13-11-33)27(40)29-20-14-21(38-4)16-22(15-20)39-5/h6-9,14-16H,10-13,17H2,1-5H3,(H,29,40). The lowest BCUT2D eigenvalue weighted by Gasteiger charge is -2.36. The number of thiocarbonyl (C=S) groups is 1. The second kappa shape index (κ2) is 11.0. The fraction of sp³-hybridized carbons (Fsp3) is 0.357. The summed E-state index contributed by atoms with van der Waals surface area (Å²) < 4.78 is 15.2. The molecule has 210 valence electrons. The molecule has 0 aliphatic carbocycles. The van der Waals surface area contributed by atoms with E-state index in [0.717, 1.165) is 21.4 Å². The molecule has 3 heterocycles. The van der Waals surface area contributed by atoms with Gasteiger partial charge in [0.05, 0.1) is 20.8 Å². The highest BCUT2D eigenvalue weighted by Crippen LogP contribution is 2.27. The predicted molar refractivity (Wildman–Crippen MR) is 160 cm³/mol. The van der Waals surface area contributed by atoms with Crippen LogP contribution in [0.1, 0.15) is 11.1 Å². The van der Waals surface area contributed by atoms with Crippen molar-refractivity contribution in [3.8, 4) is 11.5 Å². The average Bonchev–Trinajstić information content (AvgIpc) is 3.35. The quantitative estimate of drug-likeness (QED) is 0.355. The highest BCUT2D eigenvalue weighted by atomic mass is 32.1. The number of methoxy groups -OCH3 is 2. The third-order valence-electron chi connectivity index (χ3n) is 7.24. The van der Waals surface area contributed by atoms with Gasteiger partial charge in [0.1, 0.15) is 11.5 Å². The van der Waals surface area contributed by atoms with Crippen molar-refractivity contribution < 1.29 is 9.47 Å². The van der Waals surface area contributed by atoms with Crippen molar-refractivity contribution >= 4 is 40.1 Å². The summed E-state index contributed by atoms with van der Waals surface area (Å²) >= 11 is 5.72. The number of benzene rings is 2. The van der Waals surface area contributed by atoms with E-state index >= 15 is 0 Å². The number of aromatic nitrogens is 4. The lowest BCUT2D eigenvalue weighted by Crippen LogP contribution is -2.50. The lowest BCUT2D eigenvalue weighted by atomic mass is 10.1. The molecule has 1 aliphatic heterocycles. The molecular weight excluding hydrogens is 530 g/mol. The van der Waals surface area contributed by atoms with E-state index in [0.29, 0.717) is 66.4 Å². The maximum absolute atomic E-state index is 13.3. The van der Waals surface area contributed by atoms with Crippen LogP contribution in [0, 0.1) is 6.92 Å². The lowest BCUT2D eigenvalue weighted by molar-refractivity contribution is 0.386. The second-order valence-corrected chi connectivity index (χ2v) is 10.3. The first kappa shape index (κ1) is 27.3. The van der Waals surface area contributed by atoms with Crippen molar-refractivity contribution in [2.45, 2.75) is 13.5 Å². The number of anilines is 2. The van der Waals surface area contributed by atoms with Gasteiger partial charge >= 0.3 is 5.69 Å². The Morgan fingerprint density at radius 1 is 0.950 bits per heavy atom. The Balaban J connectivity index is 1.41. The number of aryl methyl sites for hydroxylation is 2. The van der Waals surface area contributed by atoms with Crippen molar-refractivity contribution in [2.75, 3.05) is 50.6 Å². The molecule has 2 aromatic heterocycles. The van der Waals surface area contributed by atoms with Crippen LogP contribution in [0.2, 0.25) is 0 Å². The van der Waals surface area contributed by atoms with Crippen molar-refractivity contribution in [1.29, 1.82) is 0 Å². The number of piperazine rings is 1. The molecule has 0 amide bonds. The fourth-order valence-electron chi connectivity index (χ4n) is 4.89. The number of ether oxygens (including phenoxy) is 2. The number of hydrogen-bond donors (Lipinski definition) is 1. The van der Waals surface area contributed by atoms with Crippen LogP contribution in [0.3, 0.4) is 0 Å². The monoisotopic (exact) mass is 563 g/mol. The molecule has 0 spiro atoms. The molecule has 1 saturated heterocycles. The molecule has 0 unspecified atom stereocenters. The molecule has 0 saturated carbocycles. The van der Waals surface area contributed by atoms with E-state index < -0.39 is 5.69 Å². The minimum Gasteiger partial charge on any atom is -0.497 e. The van der Waals surface area contributed by atoms with Crippen molar-refractivity contribution in [3.63, 3.8) is 0 Å². The zero-order valence-corrected chi connectivity index (χ0v) is 24.1. The third-order valence-corrected chi connectivity index (χ3v) is 7.60. The molecule has 1 N–H and O–H groups in total. The van der Waals surface area contributed by atoms with E-state index in [1.54, 1.807) is 27.3 Å². The summed E-state index contributed by atoms with van der Waals surface area (Å²) in [4.78, 5) is 35.0. The van der Waals surface area contributed by atoms with Gasteiger partial charge in [-0.25, -0.2) is 4.79 Å². The molecule has 1 aliphatic rings. The number of nitrogens with zero attached hydrogens (tertiary/aromatic N) is 6. The van der Waals surface area contributed by atoms with Crippen LogP contribution in [0.4, 0.5) is 11.6 Å². The number of rotatable bonds is 6. The summed E-state index contributed by atoms with van der Waals surface area (Å²) in [5, 5.41) is 3.89. The maximum Gasteiger partial charge on any atom is 0.332 e. The Morgan fingerprint density at radius 3 is 2.17 bits per heavy atom. The molecule has 4 aromatic rings. The highest BCUT2D eigenvalue weighted by molar-refractivity contribution is 7.80. The molecule has 0 bridgehead atoms. The van der Waals surface area contributed by atoms with E-state index in [4.69, 9.17) is 26.7 Å². The van der Waals surface area contributed by atoms with Crippen LogP contribution < -0.4 is 30.9 Å². The first-order valence-corrected chi connectivity index (χ1v) is 13.4. The van der Waals surface area contributed by atoms with Crippen molar-refractivity contribution in [1.82, 2.24) is 23.6 Å². The fourth-order valence-corrected chi connectivity index (χ4v) is 5.19. The van der Waals surface area contributed by atoms with Gasteiger partial charge in [-0.2, -0.15) is 4.98 Å². The van der Waals surface area contributed by atoms with Crippen LogP contribution in [0.5, 0.6) is 11.5 Å². The van der Waals surface area contributed by atoms with E-state index in [1.165, 1.54) is 11.6 Å². The summed E-state index contributed by atoms with van der Waals surface area (Å²) in [7, 11) is 6.36. The molecule has 40 heavy (non-hydrogen) atoms. The zero-order valence-electron chi connectivity index (χ0n) is 23.3. The van der Waals surface area contributed by atoms with E-state index in [1.807, 2.05) is 47.9 Å². The van der Waals surface area contributed by atoms with Crippen LogP contribution in [-0.4, -0.2) is 69.1 Å². The SMILES string of the molecule is COc1cc(NC(=S)N2CCN(c3nc4c(c(=O)n(C)c(=O)n4C)n3Cc3ccc(C)cc3)CC2)cc(OC)c1.